The van der Waals surface area contributed by atoms with Gasteiger partial charge in [0, 0.05) is 5.56 Å². The van der Waals surface area contributed by atoms with Crippen LogP contribution in [0.5, 0.6) is 0 Å². The van der Waals surface area contributed by atoms with Crippen LogP contribution in [0.15, 0.2) is 30.3 Å². The smallest absolute Gasteiger partial charge is 0.179 e. The topological polar surface area (TPSA) is 20.3 Å². The molecule has 140 valence electrons. The third kappa shape index (κ3) is 7.32. The van der Waals surface area contributed by atoms with Crippen LogP contribution in [0.25, 0.3) is 0 Å². The van der Waals surface area contributed by atoms with Crippen molar-refractivity contribution in [2.24, 2.45) is 0 Å². The average molecular weight is 344 g/mol. The lowest BCUT2D eigenvalue weighted by Gasteiger charge is -2.33. The Morgan fingerprint density at radius 2 is 1.48 bits per heavy atom. The van der Waals surface area contributed by atoms with Gasteiger partial charge in [0.25, 0.3) is 0 Å². The zero-order valence-electron chi connectivity index (χ0n) is 16.2. The lowest BCUT2D eigenvalue weighted by Crippen LogP contribution is -2.44. The first-order valence-corrected chi connectivity index (χ1v) is 10.7. The summed E-state index contributed by atoms with van der Waals surface area (Å²) in [6.45, 7) is 4.46. The Balaban J connectivity index is 1.80. The van der Waals surface area contributed by atoms with Crippen molar-refractivity contribution in [2.75, 3.05) is 13.1 Å². The molecule has 0 unspecified atom stereocenters. The van der Waals surface area contributed by atoms with Crippen LogP contribution in [-0.4, -0.2) is 29.8 Å². The predicted octanol–water partition coefficient (Wildman–Crippen LogP) is 6.25. The van der Waals surface area contributed by atoms with E-state index in [4.69, 9.17) is 0 Å². The number of nitrogens with zero attached hydrogens (tertiary/aromatic N) is 1. The van der Waals surface area contributed by atoms with E-state index in [0.717, 1.165) is 25.1 Å². The fourth-order valence-corrected chi connectivity index (χ4v) is 3.98. The molecule has 2 nitrogen and oxygen atoms in total. The van der Waals surface area contributed by atoms with E-state index >= 15 is 0 Å². The largest absolute Gasteiger partial charge is 0.293 e. The Bertz CT molecular complexity index is 464. The van der Waals surface area contributed by atoms with Crippen molar-refractivity contribution < 1.29 is 4.79 Å². The first-order chi connectivity index (χ1) is 12.3. The highest BCUT2D eigenvalue weighted by molar-refractivity contribution is 6.00. The summed E-state index contributed by atoms with van der Waals surface area (Å²) < 4.78 is 0. The highest BCUT2D eigenvalue weighted by Gasteiger charge is 2.27. The summed E-state index contributed by atoms with van der Waals surface area (Å²) in [5, 5.41) is 0. The fraction of sp³-hybridized carbons (Fsp3) is 0.696. The summed E-state index contributed by atoms with van der Waals surface area (Å²) in [6, 6.07) is 10.0. The lowest BCUT2D eigenvalue weighted by molar-refractivity contribution is 0.0764. The summed E-state index contributed by atoms with van der Waals surface area (Å²) in [5.41, 5.74) is 0.887. The molecule has 2 heteroatoms. The van der Waals surface area contributed by atoms with E-state index < -0.39 is 0 Å². The van der Waals surface area contributed by atoms with Crippen molar-refractivity contribution in [1.82, 2.24) is 4.90 Å². The van der Waals surface area contributed by atoms with Gasteiger partial charge in [-0.1, -0.05) is 95.0 Å². The highest BCUT2D eigenvalue weighted by atomic mass is 16.1. The van der Waals surface area contributed by atoms with Gasteiger partial charge in [0.1, 0.15) is 0 Å². The zero-order valence-corrected chi connectivity index (χ0v) is 16.2. The summed E-state index contributed by atoms with van der Waals surface area (Å²) in [6.07, 6.45) is 15.5. The maximum absolute atomic E-state index is 13.0. The molecular weight excluding hydrogens is 306 g/mol. The Kier molecular flexibility index (Phi) is 9.88. The van der Waals surface area contributed by atoms with E-state index in [2.05, 4.69) is 11.8 Å². The number of ketones is 1. The standard InChI is InChI=1S/C23H37NO/c1-2-3-4-5-6-7-8-13-18-22(24-19-14-10-15-20-24)23(25)21-16-11-9-12-17-21/h9,11-12,16-17,22H,2-8,10,13-15,18-20H2,1H3/t22-/m1/s1. The Morgan fingerprint density at radius 1 is 0.880 bits per heavy atom. The molecule has 0 saturated carbocycles. The molecule has 25 heavy (non-hydrogen) atoms. The number of likely N-dealkylation sites (tertiary alicyclic amines) is 1. The van der Waals surface area contributed by atoms with Gasteiger partial charge in [-0.25, -0.2) is 0 Å². The van der Waals surface area contributed by atoms with Gasteiger partial charge in [-0.2, -0.15) is 0 Å². The molecule has 0 spiro atoms. The van der Waals surface area contributed by atoms with Crippen LogP contribution in [0.2, 0.25) is 0 Å². The molecule has 0 bridgehead atoms. The molecule has 1 saturated heterocycles. The molecule has 0 amide bonds. The van der Waals surface area contributed by atoms with Gasteiger partial charge in [0.2, 0.25) is 0 Å². The van der Waals surface area contributed by atoms with Gasteiger partial charge in [0.15, 0.2) is 5.78 Å². The molecular formula is C23H37NO. The molecule has 0 aliphatic carbocycles. The zero-order chi connectivity index (χ0) is 17.7. The predicted molar refractivity (Wildman–Crippen MR) is 107 cm³/mol. The summed E-state index contributed by atoms with van der Waals surface area (Å²) in [5.74, 6) is 0.338. The minimum absolute atomic E-state index is 0.0998. The van der Waals surface area contributed by atoms with Crippen molar-refractivity contribution in [3.63, 3.8) is 0 Å². The van der Waals surface area contributed by atoms with E-state index in [1.165, 1.54) is 70.6 Å². The second kappa shape index (κ2) is 12.2. The SMILES string of the molecule is CCCCCCCCCC[C@H](C(=O)c1ccccc1)N1CCCCC1. The van der Waals surface area contributed by atoms with Crippen molar-refractivity contribution in [3.8, 4) is 0 Å². The van der Waals surface area contributed by atoms with Crippen LogP contribution in [-0.2, 0) is 0 Å². The molecule has 1 aromatic carbocycles. The van der Waals surface area contributed by atoms with Crippen LogP contribution in [0, 0.1) is 0 Å². The molecule has 2 rings (SSSR count). The van der Waals surface area contributed by atoms with Crippen LogP contribution >= 0.6 is 0 Å². The fourth-order valence-electron chi connectivity index (χ4n) is 3.98. The number of hydrogen-bond acceptors (Lipinski definition) is 2. The molecule has 0 aromatic heterocycles. The third-order valence-electron chi connectivity index (χ3n) is 5.52. The third-order valence-corrected chi connectivity index (χ3v) is 5.52. The quantitative estimate of drug-likeness (QED) is 0.330. The van der Waals surface area contributed by atoms with Crippen molar-refractivity contribution >= 4 is 5.78 Å². The van der Waals surface area contributed by atoms with Gasteiger partial charge in [-0.15, -0.1) is 0 Å². The number of Topliss-reactive ketones (excluding diaryl/α,β-unsaturated/α-hetero) is 1. The van der Waals surface area contributed by atoms with Gasteiger partial charge < -0.3 is 0 Å². The van der Waals surface area contributed by atoms with Crippen molar-refractivity contribution in [2.45, 2.75) is 90.0 Å². The normalized spacial score (nSPS) is 16.7. The van der Waals surface area contributed by atoms with Gasteiger partial charge in [-0.3, -0.25) is 9.69 Å². The maximum atomic E-state index is 13.0. The van der Waals surface area contributed by atoms with Crippen LogP contribution in [0.1, 0.15) is 94.3 Å². The van der Waals surface area contributed by atoms with Gasteiger partial charge >= 0.3 is 0 Å². The van der Waals surface area contributed by atoms with Crippen LogP contribution < -0.4 is 0 Å². The Morgan fingerprint density at radius 3 is 2.12 bits per heavy atom. The molecule has 1 aromatic rings. The molecule has 0 radical (unpaired) electrons. The van der Waals surface area contributed by atoms with E-state index in [9.17, 15) is 4.79 Å². The lowest BCUT2D eigenvalue weighted by atomic mass is 9.95. The summed E-state index contributed by atoms with van der Waals surface area (Å²) >= 11 is 0. The van der Waals surface area contributed by atoms with Crippen LogP contribution in [0.3, 0.4) is 0 Å². The van der Waals surface area contributed by atoms with Gasteiger partial charge in [-0.05, 0) is 32.4 Å². The van der Waals surface area contributed by atoms with E-state index in [1.807, 2.05) is 30.3 Å². The first-order valence-electron chi connectivity index (χ1n) is 10.7. The summed E-state index contributed by atoms with van der Waals surface area (Å²) in [7, 11) is 0. The summed E-state index contributed by atoms with van der Waals surface area (Å²) in [4.78, 5) is 15.5. The number of rotatable bonds is 12. The van der Waals surface area contributed by atoms with E-state index in [0.29, 0.717) is 5.78 Å². The number of carbonyl (C=O) groups excluding carboxylic acids is 1. The van der Waals surface area contributed by atoms with Crippen LogP contribution in [0.4, 0.5) is 0 Å². The minimum Gasteiger partial charge on any atom is -0.293 e. The maximum Gasteiger partial charge on any atom is 0.179 e. The molecule has 1 fully saturated rings. The van der Waals surface area contributed by atoms with Gasteiger partial charge in [0.05, 0.1) is 6.04 Å². The Labute approximate surface area is 155 Å². The second-order valence-corrected chi connectivity index (χ2v) is 7.61. The number of unbranched alkanes of at least 4 members (excludes halogenated alkanes) is 7. The minimum atomic E-state index is 0.0998. The monoisotopic (exact) mass is 343 g/mol. The van der Waals surface area contributed by atoms with E-state index in [-0.39, 0.29) is 6.04 Å². The van der Waals surface area contributed by atoms with Crippen molar-refractivity contribution in [1.29, 1.82) is 0 Å². The number of hydrogen-bond donors (Lipinski definition) is 0. The molecule has 1 atom stereocenters. The number of benzene rings is 1. The number of piperidine rings is 1. The average Bonchev–Trinajstić information content (AvgIpc) is 2.68. The highest BCUT2D eigenvalue weighted by Crippen LogP contribution is 2.21. The molecule has 1 heterocycles. The van der Waals surface area contributed by atoms with Crippen molar-refractivity contribution in [3.05, 3.63) is 35.9 Å². The number of carbonyl (C=O) groups is 1. The molecule has 0 N–H and O–H groups in total. The molecule has 1 aliphatic heterocycles. The second-order valence-electron chi connectivity index (χ2n) is 7.61. The van der Waals surface area contributed by atoms with E-state index in [1.54, 1.807) is 0 Å². The molecule has 1 aliphatic rings. The first kappa shape index (κ1) is 20.2. The Hall–Kier alpha value is -1.15.